The van der Waals surface area contributed by atoms with Crippen molar-refractivity contribution >= 4 is 34.9 Å². The van der Waals surface area contributed by atoms with E-state index in [1.165, 1.54) is 51.7 Å². The third-order valence-corrected chi connectivity index (χ3v) is 5.26. The van der Waals surface area contributed by atoms with E-state index in [0.29, 0.717) is 28.7 Å². The van der Waals surface area contributed by atoms with Gasteiger partial charge in [-0.25, -0.2) is 0 Å². The van der Waals surface area contributed by atoms with E-state index in [4.69, 9.17) is 18.9 Å². The molecule has 10 nitrogen and oxygen atoms in total. The summed E-state index contributed by atoms with van der Waals surface area (Å²) in [6.07, 6.45) is 0. The molecule has 2 amide bonds. The first-order chi connectivity index (χ1) is 15.3. The molecule has 11 heteroatoms. The average Bonchev–Trinajstić information content (AvgIpc) is 3.27. The van der Waals surface area contributed by atoms with Crippen LogP contribution in [0.25, 0.3) is 0 Å². The van der Waals surface area contributed by atoms with Gasteiger partial charge in [0.15, 0.2) is 18.1 Å². The minimum Gasteiger partial charge on any atom is -0.493 e. The number of thiophene rings is 1. The van der Waals surface area contributed by atoms with Gasteiger partial charge < -0.3 is 29.6 Å². The van der Waals surface area contributed by atoms with E-state index < -0.39 is 25.0 Å². The molecule has 0 aliphatic heterocycles. The molecule has 0 aliphatic carbocycles. The van der Waals surface area contributed by atoms with Crippen LogP contribution in [0.2, 0.25) is 0 Å². The van der Waals surface area contributed by atoms with Crippen molar-refractivity contribution in [3.63, 3.8) is 0 Å². The van der Waals surface area contributed by atoms with Gasteiger partial charge in [0, 0.05) is 17.4 Å². The number of carbonyl (C=O) groups is 4. The monoisotopic (exact) mass is 464 g/mol. The quantitative estimate of drug-likeness (QED) is 0.379. The van der Waals surface area contributed by atoms with Crippen molar-refractivity contribution in [2.24, 2.45) is 0 Å². The Hall–Kier alpha value is -3.60. The first kappa shape index (κ1) is 24.7. The largest absolute Gasteiger partial charge is 0.493 e. The SMILES string of the molecule is COc1cc(C(=O)NCC(=O)OCC(=O)c2ccc(CNC(C)=O)s2)cc(OC)c1OC. The number of ether oxygens (including phenoxy) is 4. The Labute approximate surface area is 188 Å². The van der Waals surface area contributed by atoms with Crippen molar-refractivity contribution in [2.75, 3.05) is 34.5 Å². The summed E-state index contributed by atoms with van der Waals surface area (Å²) in [5.41, 5.74) is 0.189. The maximum Gasteiger partial charge on any atom is 0.325 e. The molecule has 1 aromatic heterocycles. The maximum atomic E-state index is 12.4. The fraction of sp³-hybridized carbons (Fsp3) is 0.333. The highest BCUT2D eigenvalue weighted by molar-refractivity contribution is 7.14. The molecule has 1 heterocycles. The number of Topliss-reactive ketones (excluding diaryl/α,β-unsaturated/α-hetero) is 1. The van der Waals surface area contributed by atoms with Gasteiger partial charge in [-0.2, -0.15) is 0 Å². The highest BCUT2D eigenvalue weighted by Crippen LogP contribution is 2.38. The van der Waals surface area contributed by atoms with Crippen LogP contribution in [-0.4, -0.2) is 58.0 Å². The molecule has 0 atom stereocenters. The summed E-state index contributed by atoms with van der Waals surface area (Å²) in [7, 11) is 4.28. The van der Waals surface area contributed by atoms with Crippen LogP contribution in [0.15, 0.2) is 24.3 Å². The van der Waals surface area contributed by atoms with Gasteiger partial charge in [-0.15, -0.1) is 11.3 Å². The molecular weight excluding hydrogens is 440 g/mol. The predicted octanol–water partition coefficient (Wildman–Crippen LogP) is 1.57. The van der Waals surface area contributed by atoms with Gasteiger partial charge in [0.25, 0.3) is 5.91 Å². The lowest BCUT2D eigenvalue weighted by molar-refractivity contribution is -0.141. The molecule has 0 fully saturated rings. The lowest BCUT2D eigenvalue weighted by Gasteiger charge is -2.14. The van der Waals surface area contributed by atoms with Gasteiger partial charge in [-0.3, -0.25) is 19.2 Å². The van der Waals surface area contributed by atoms with Crippen LogP contribution in [0, 0.1) is 0 Å². The first-order valence-electron chi connectivity index (χ1n) is 9.39. The zero-order chi connectivity index (χ0) is 23.7. The zero-order valence-electron chi connectivity index (χ0n) is 18.1. The molecule has 0 bridgehead atoms. The van der Waals surface area contributed by atoms with Crippen LogP contribution in [-0.2, 0) is 20.9 Å². The van der Waals surface area contributed by atoms with Gasteiger partial charge in [0.2, 0.25) is 17.4 Å². The van der Waals surface area contributed by atoms with Crippen molar-refractivity contribution in [2.45, 2.75) is 13.5 Å². The number of rotatable bonds is 11. The minimum atomic E-state index is -0.769. The molecule has 0 radical (unpaired) electrons. The summed E-state index contributed by atoms with van der Waals surface area (Å²) in [4.78, 5) is 48.7. The lowest BCUT2D eigenvalue weighted by atomic mass is 10.1. The van der Waals surface area contributed by atoms with Crippen molar-refractivity contribution < 1.29 is 38.1 Å². The number of methoxy groups -OCH3 is 3. The normalized spacial score (nSPS) is 10.1. The molecule has 0 spiro atoms. The van der Waals surface area contributed by atoms with Crippen LogP contribution in [0.5, 0.6) is 17.2 Å². The molecular formula is C21H24N2O8S. The van der Waals surface area contributed by atoms with E-state index in [-0.39, 0.29) is 17.3 Å². The second-order valence-electron chi connectivity index (χ2n) is 6.36. The highest BCUT2D eigenvalue weighted by Gasteiger charge is 2.18. The highest BCUT2D eigenvalue weighted by atomic mass is 32.1. The number of amides is 2. The first-order valence-corrected chi connectivity index (χ1v) is 10.2. The summed E-state index contributed by atoms with van der Waals surface area (Å²) in [5.74, 6) is -0.971. The molecule has 0 unspecified atom stereocenters. The van der Waals surface area contributed by atoms with E-state index in [1.54, 1.807) is 12.1 Å². The second kappa shape index (κ2) is 11.7. The summed E-state index contributed by atoms with van der Waals surface area (Å²) in [5, 5.41) is 5.06. The average molecular weight is 464 g/mol. The van der Waals surface area contributed by atoms with Crippen LogP contribution in [0.3, 0.4) is 0 Å². The zero-order valence-corrected chi connectivity index (χ0v) is 18.9. The number of ketones is 1. The summed E-state index contributed by atoms with van der Waals surface area (Å²) < 4.78 is 20.5. The Bertz CT molecular complexity index is 976. The van der Waals surface area contributed by atoms with E-state index in [1.807, 2.05) is 0 Å². The Morgan fingerprint density at radius 1 is 0.938 bits per heavy atom. The Morgan fingerprint density at radius 3 is 2.16 bits per heavy atom. The van der Waals surface area contributed by atoms with Crippen molar-refractivity contribution in [3.05, 3.63) is 39.6 Å². The van der Waals surface area contributed by atoms with Gasteiger partial charge in [0.1, 0.15) is 6.54 Å². The van der Waals surface area contributed by atoms with Crippen LogP contribution in [0.4, 0.5) is 0 Å². The van der Waals surface area contributed by atoms with Gasteiger partial charge >= 0.3 is 5.97 Å². The fourth-order valence-corrected chi connectivity index (χ4v) is 3.44. The van der Waals surface area contributed by atoms with Gasteiger partial charge in [-0.05, 0) is 24.3 Å². The standard InChI is InChI=1S/C21H24N2O8S/c1-12(24)22-9-14-5-6-18(32-14)15(25)11-31-19(26)10-23-21(27)13-7-16(28-2)20(30-4)17(8-13)29-3/h5-8H,9-11H2,1-4H3,(H,22,24)(H,23,27). The number of nitrogens with one attached hydrogen (secondary N) is 2. The molecule has 0 saturated heterocycles. The van der Waals surface area contributed by atoms with E-state index >= 15 is 0 Å². The second-order valence-corrected chi connectivity index (χ2v) is 7.52. The summed E-state index contributed by atoms with van der Waals surface area (Å²) in [6.45, 7) is 0.833. The number of hydrogen-bond donors (Lipinski definition) is 2. The molecule has 172 valence electrons. The molecule has 1 aromatic carbocycles. The smallest absolute Gasteiger partial charge is 0.325 e. The molecule has 32 heavy (non-hydrogen) atoms. The maximum absolute atomic E-state index is 12.4. The van der Waals surface area contributed by atoms with E-state index in [0.717, 1.165) is 4.88 Å². The van der Waals surface area contributed by atoms with Crippen molar-refractivity contribution in [1.82, 2.24) is 10.6 Å². The number of esters is 1. The predicted molar refractivity (Wildman–Crippen MR) is 116 cm³/mol. The fourth-order valence-electron chi connectivity index (χ4n) is 2.57. The Kier molecular flexibility index (Phi) is 9.02. The number of benzene rings is 1. The van der Waals surface area contributed by atoms with Crippen molar-refractivity contribution in [1.29, 1.82) is 0 Å². The van der Waals surface area contributed by atoms with E-state index in [2.05, 4.69) is 10.6 Å². The number of hydrogen-bond acceptors (Lipinski definition) is 9. The lowest BCUT2D eigenvalue weighted by Crippen LogP contribution is -2.31. The van der Waals surface area contributed by atoms with Crippen LogP contribution in [0.1, 0.15) is 31.8 Å². The molecule has 2 rings (SSSR count). The summed E-state index contributed by atoms with van der Waals surface area (Å²) in [6, 6.07) is 6.21. The third-order valence-electron chi connectivity index (χ3n) is 4.13. The van der Waals surface area contributed by atoms with Gasteiger partial charge in [-0.1, -0.05) is 0 Å². The minimum absolute atomic E-state index is 0.172. The topological polar surface area (TPSA) is 129 Å². The van der Waals surface area contributed by atoms with E-state index in [9.17, 15) is 19.2 Å². The molecule has 0 aliphatic rings. The van der Waals surface area contributed by atoms with Crippen LogP contribution < -0.4 is 24.8 Å². The Balaban J connectivity index is 1.87. The molecule has 2 aromatic rings. The Morgan fingerprint density at radius 2 is 1.59 bits per heavy atom. The molecule has 0 saturated carbocycles. The summed E-state index contributed by atoms with van der Waals surface area (Å²) >= 11 is 1.20. The third kappa shape index (κ3) is 6.71. The van der Waals surface area contributed by atoms with Crippen molar-refractivity contribution in [3.8, 4) is 17.2 Å². The van der Waals surface area contributed by atoms with Gasteiger partial charge in [0.05, 0.1) is 32.8 Å². The molecule has 2 N–H and O–H groups in total. The number of carbonyl (C=O) groups excluding carboxylic acids is 4. The van der Waals surface area contributed by atoms with Crippen LogP contribution >= 0.6 is 11.3 Å².